The van der Waals surface area contributed by atoms with Crippen LogP contribution in [0.2, 0.25) is 5.02 Å². The second-order valence-corrected chi connectivity index (χ2v) is 6.00. The van der Waals surface area contributed by atoms with Gasteiger partial charge in [0.15, 0.2) is 0 Å². The maximum absolute atomic E-state index is 9.49. The van der Waals surface area contributed by atoms with Crippen molar-refractivity contribution in [3.05, 3.63) is 26.8 Å². The second-order valence-electron chi connectivity index (χ2n) is 4.34. The highest BCUT2D eigenvalue weighted by molar-refractivity contribution is 14.1. The minimum atomic E-state index is -0.0493. The van der Waals surface area contributed by atoms with Gasteiger partial charge >= 0.3 is 0 Å². The first-order chi connectivity index (χ1) is 8.06. The van der Waals surface area contributed by atoms with Gasteiger partial charge in [-0.25, -0.2) is 0 Å². The molecule has 0 aliphatic rings. The monoisotopic (exact) mass is 367 g/mol. The van der Waals surface area contributed by atoms with E-state index in [1.165, 1.54) is 0 Å². The summed E-state index contributed by atoms with van der Waals surface area (Å²) in [5.74, 6) is 0. The van der Waals surface area contributed by atoms with E-state index in [0.717, 1.165) is 33.7 Å². The Balaban J connectivity index is 2.72. The predicted molar refractivity (Wildman–Crippen MR) is 82.8 cm³/mol. The molecule has 96 valence electrons. The minimum Gasteiger partial charge on any atom is -0.396 e. The molecule has 17 heavy (non-hydrogen) atoms. The fourth-order valence-electron chi connectivity index (χ4n) is 1.70. The first-order valence-electron chi connectivity index (χ1n) is 5.86. The molecule has 0 aliphatic carbocycles. The Morgan fingerprint density at radius 3 is 2.47 bits per heavy atom. The molecule has 1 aromatic rings. The predicted octanol–water partition coefficient (Wildman–Crippen LogP) is 4.16. The van der Waals surface area contributed by atoms with Crippen molar-refractivity contribution in [1.29, 1.82) is 0 Å². The van der Waals surface area contributed by atoms with E-state index in [4.69, 9.17) is 11.6 Å². The maximum Gasteiger partial charge on any atom is 0.0648 e. The van der Waals surface area contributed by atoms with E-state index in [1.807, 2.05) is 18.2 Å². The Hall–Kier alpha value is -0.0000000000000000555. The Kier molecular flexibility index (Phi) is 6.03. The molecular weight excluding hydrogens is 349 g/mol. The van der Waals surface area contributed by atoms with Crippen LogP contribution < -0.4 is 5.32 Å². The number of hydrogen-bond acceptors (Lipinski definition) is 2. The van der Waals surface area contributed by atoms with Gasteiger partial charge in [-0.15, -0.1) is 0 Å². The summed E-state index contributed by atoms with van der Waals surface area (Å²) in [6.45, 7) is 5.17. The molecule has 0 aromatic heterocycles. The molecule has 4 heteroatoms. The van der Waals surface area contributed by atoms with Crippen molar-refractivity contribution < 1.29 is 5.11 Å². The number of halogens is 2. The molecule has 0 amide bonds. The summed E-state index contributed by atoms with van der Waals surface area (Å²) in [4.78, 5) is 0. The van der Waals surface area contributed by atoms with Gasteiger partial charge in [0.25, 0.3) is 0 Å². The summed E-state index contributed by atoms with van der Waals surface area (Å²) in [5.41, 5.74) is 0.888. The molecule has 0 radical (unpaired) electrons. The lowest BCUT2D eigenvalue weighted by molar-refractivity contribution is 0.127. The molecular formula is C13H19ClINO. The second kappa shape index (κ2) is 6.81. The summed E-state index contributed by atoms with van der Waals surface area (Å²) in [7, 11) is 0. The summed E-state index contributed by atoms with van der Waals surface area (Å²) in [5, 5.41) is 13.6. The van der Waals surface area contributed by atoms with Crippen molar-refractivity contribution in [2.75, 3.05) is 18.5 Å². The highest BCUT2D eigenvalue weighted by atomic mass is 127. The SMILES string of the molecule is CCC(CC)(CO)CNc1ccc(I)cc1Cl. The van der Waals surface area contributed by atoms with Crippen LogP contribution >= 0.6 is 34.2 Å². The zero-order valence-corrected chi connectivity index (χ0v) is 13.2. The largest absolute Gasteiger partial charge is 0.396 e. The Labute approximate surface area is 122 Å². The number of rotatable bonds is 6. The van der Waals surface area contributed by atoms with E-state index < -0.39 is 0 Å². The zero-order valence-electron chi connectivity index (χ0n) is 10.3. The van der Waals surface area contributed by atoms with E-state index in [9.17, 15) is 5.11 Å². The standard InChI is InChI=1S/C13H19ClINO/c1-3-13(4-2,9-17)8-16-12-6-5-10(15)7-11(12)14/h5-7,16-17H,3-4,8-9H2,1-2H3. The van der Waals surface area contributed by atoms with Crippen molar-refractivity contribution in [2.45, 2.75) is 26.7 Å². The Morgan fingerprint density at radius 2 is 2.00 bits per heavy atom. The topological polar surface area (TPSA) is 32.3 Å². The van der Waals surface area contributed by atoms with Gasteiger partial charge in [0.1, 0.15) is 0 Å². The van der Waals surface area contributed by atoms with Crippen LogP contribution in [0.15, 0.2) is 18.2 Å². The molecule has 0 saturated heterocycles. The smallest absolute Gasteiger partial charge is 0.0648 e. The Bertz CT molecular complexity index is 358. The van der Waals surface area contributed by atoms with Crippen molar-refractivity contribution in [1.82, 2.24) is 0 Å². The van der Waals surface area contributed by atoms with Crippen LogP contribution in [0.1, 0.15) is 26.7 Å². The number of aliphatic hydroxyl groups excluding tert-OH is 1. The molecule has 0 bridgehead atoms. The van der Waals surface area contributed by atoms with Crippen LogP contribution in [0.4, 0.5) is 5.69 Å². The highest BCUT2D eigenvalue weighted by Gasteiger charge is 2.25. The molecule has 0 aliphatic heterocycles. The Morgan fingerprint density at radius 1 is 1.35 bits per heavy atom. The van der Waals surface area contributed by atoms with Crippen molar-refractivity contribution in [2.24, 2.45) is 5.41 Å². The van der Waals surface area contributed by atoms with Crippen LogP contribution in [-0.4, -0.2) is 18.3 Å². The zero-order chi connectivity index (χ0) is 12.9. The summed E-state index contributed by atoms with van der Waals surface area (Å²) in [6, 6.07) is 5.94. The van der Waals surface area contributed by atoms with Gasteiger partial charge in [-0.05, 0) is 53.6 Å². The number of aliphatic hydroxyl groups is 1. The number of anilines is 1. The van der Waals surface area contributed by atoms with Gasteiger partial charge in [-0.1, -0.05) is 25.4 Å². The van der Waals surface area contributed by atoms with Crippen LogP contribution in [-0.2, 0) is 0 Å². The molecule has 0 saturated carbocycles. The molecule has 1 aromatic carbocycles. The van der Waals surface area contributed by atoms with Gasteiger partial charge in [-0.2, -0.15) is 0 Å². The number of hydrogen-bond donors (Lipinski definition) is 2. The quantitative estimate of drug-likeness (QED) is 0.740. The third-order valence-electron chi connectivity index (χ3n) is 3.42. The fourth-order valence-corrected chi connectivity index (χ4v) is 2.62. The lowest BCUT2D eigenvalue weighted by atomic mass is 9.83. The van der Waals surface area contributed by atoms with Gasteiger partial charge in [0.05, 0.1) is 17.3 Å². The van der Waals surface area contributed by atoms with Crippen molar-refractivity contribution in [3.8, 4) is 0 Å². The third-order valence-corrected chi connectivity index (χ3v) is 4.40. The highest BCUT2D eigenvalue weighted by Crippen LogP contribution is 2.29. The molecule has 0 spiro atoms. The molecule has 0 atom stereocenters. The normalized spacial score (nSPS) is 11.6. The minimum absolute atomic E-state index is 0.0493. The first-order valence-corrected chi connectivity index (χ1v) is 7.32. The van der Waals surface area contributed by atoms with E-state index >= 15 is 0 Å². The molecule has 2 nitrogen and oxygen atoms in total. The maximum atomic E-state index is 9.49. The molecule has 0 unspecified atom stereocenters. The average molecular weight is 368 g/mol. The van der Waals surface area contributed by atoms with Crippen LogP contribution in [0.5, 0.6) is 0 Å². The molecule has 1 rings (SSSR count). The van der Waals surface area contributed by atoms with Crippen LogP contribution in [0.3, 0.4) is 0 Å². The fraction of sp³-hybridized carbons (Fsp3) is 0.538. The van der Waals surface area contributed by atoms with Crippen LogP contribution in [0, 0.1) is 8.99 Å². The lowest BCUT2D eigenvalue weighted by Crippen LogP contribution is -2.32. The van der Waals surface area contributed by atoms with E-state index in [0.29, 0.717) is 0 Å². The van der Waals surface area contributed by atoms with Crippen LogP contribution in [0.25, 0.3) is 0 Å². The lowest BCUT2D eigenvalue weighted by Gasteiger charge is -2.30. The molecule has 0 fully saturated rings. The van der Waals surface area contributed by atoms with E-state index in [-0.39, 0.29) is 12.0 Å². The van der Waals surface area contributed by atoms with E-state index in [1.54, 1.807) is 0 Å². The summed E-state index contributed by atoms with van der Waals surface area (Å²) in [6.07, 6.45) is 1.91. The first kappa shape index (κ1) is 15.1. The molecule has 2 N–H and O–H groups in total. The van der Waals surface area contributed by atoms with Gasteiger partial charge in [0, 0.05) is 15.5 Å². The van der Waals surface area contributed by atoms with Gasteiger partial charge < -0.3 is 10.4 Å². The third kappa shape index (κ3) is 4.00. The van der Waals surface area contributed by atoms with Crippen molar-refractivity contribution >= 4 is 39.9 Å². The number of benzene rings is 1. The summed E-state index contributed by atoms with van der Waals surface area (Å²) >= 11 is 8.39. The average Bonchev–Trinajstić information content (AvgIpc) is 2.33. The van der Waals surface area contributed by atoms with Gasteiger partial charge in [-0.3, -0.25) is 0 Å². The molecule has 0 heterocycles. The number of nitrogens with one attached hydrogen (secondary N) is 1. The summed E-state index contributed by atoms with van der Waals surface area (Å²) < 4.78 is 1.12. The van der Waals surface area contributed by atoms with Crippen molar-refractivity contribution in [3.63, 3.8) is 0 Å². The van der Waals surface area contributed by atoms with Gasteiger partial charge in [0.2, 0.25) is 0 Å². The van der Waals surface area contributed by atoms with E-state index in [2.05, 4.69) is 41.8 Å².